The number of thiocarbonyl (C=S) groups is 1. The number of halogens is 1. The van der Waals surface area contributed by atoms with Crippen molar-refractivity contribution in [3.63, 3.8) is 0 Å². The van der Waals surface area contributed by atoms with Gasteiger partial charge in [-0.1, -0.05) is 43.6 Å². The van der Waals surface area contributed by atoms with Crippen molar-refractivity contribution < 1.29 is 19.0 Å². The molecule has 6 nitrogen and oxygen atoms in total. The number of amides is 1. The highest BCUT2D eigenvalue weighted by Gasteiger charge is 2.33. The van der Waals surface area contributed by atoms with E-state index in [1.807, 2.05) is 68.4 Å². The van der Waals surface area contributed by atoms with E-state index < -0.39 is 0 Å². The SMILES string of the molecule is CCOc1ccccc1N1C(=O)/C(=C\c2ccc(OC)c(COc3cc(C)c(Cl)cc3C(C)C)c2)NC1=S. The molecule has 1 fully saturated rings. The first kappa shape index (κ1) is 27.5. The topological polar surface area (TPSA) is 60.0 Å². The van der Waals surface area contributed by atoms with E-state index in [-0.39, 0.29) is 18.4 Å². The van der Waals surface area contributed by atoms with Gasteiger partial charge in [0, 0.05) is 10.6 Å². The van der Waals surface area contributed by atoms with Crippen LogP contribution in [0.15, 0.2) is 60.3 Å². The average molecular weight is 551 g/mol. The molecule has 0 spiro atoms. The number of para-hydroxylation sites is 2. The Labute approximate surface area is 234 Å². The van der Waals surface area contributed by atoms with Crippen molar-refractivity contribution in [2.45, 2.75) is 40.2 Å². The molecule has 8 heteroatoms. The van der Waals surface area contributed by atoms with E-state index in [4.69, 9.17) is 38.0 Å². The van der Waals surface area contributed by atoms with Gasteiger partial charge >= 0.3 is 0 Å². The van der Waals surface area contributed by atoms with E-state index >= 15 is 0 Å². The molecular weight excluding hydrogens is 520 g/mol. The summed E-state index contributed by atoms with van der Waals surface area (Å²) in [5, 5.41) is 4.06. The van der Waals surface area contributed by atoms with E-state index in [1.165, 1.54) is 4.90 Å². The highest BCUT2D eigenvalue weighted by atomic mass is 35.5. The van der Waals surface area contributed by atoms with Crippen molar-refractivity contribution in [1.29, 1.82) is 0 Å². The molecule has 1 aliphatic rings. The van der Waals surface area contributed by atoms with Crippen molar-refractivity contribution >= 4 is 46.6 Å². The Morgan fingerprint density at radius 2 is 1.82 bits per heavy atom. The van der Waals surface area contributed by atoms with Crippen LogP contribution in [-0.4, -0.2) is 24.7 Å². The second-order valence-electron chi connectivity index (χ2n) is 9.18. The molecule has 1 aliphatic heterocycles. The standard InChI is InChI=1S/C30H31ClN2O4S/c1-6-36-27-10-8-7-9-25(27)33-29(34)24(32-30(33)38)15-20-11-12-26(35-5)21(14-20)17-37-28-13-19(4)23(31)16-22(28)18(2)3/h7-16,18H,6,17H2,1-5H3,(H,32,38)/b24-15+. The van der Waals surface area contributed by atoms with Crippen LogP contribution >= 0.6 is 23.8 Å². The van der Waals surface area contributed by atoms with Crippen LogP contribution in [0.5, 0.6) is 17.2 Å². The number of hydrogen-bond acceptors (Lipinski definition) is 5. The van der Waals surface area contributed by atoms with Gasteiger partial charge in [-0.2, -0.15) is 0 Å². The van der Waals surface area contributed by atoms with Crippen LogP contribution in [0.4, 0.5) is 5.69 Å². The molecule has 0 radical (unpaired) electrons. The van der Waals surface area contributed by atoms with Gasteiger partial charge in [0.15, 0.2) is 5.11 Å². The summed E-state index contributed by atoms with van der Waals surface area (Å²) in [6, 6.07) is 17.0. The largest absolute Gasteiger partial charge is 0.496 e. The second kappa shape index (κ2) is 11.9. The lowest BCUT2D eigenvalue weighted by Crippen LogP contribution is -2.30. The number of rotatable bonds is 9. The summed E-state index contributed by atoms with van der Waals surface area (Å²) in [4.78, 5) is 14.8. The van der Waals surface area contributed by atoms with Gasteiger partial charge in [0.25, 0.3) is 5.91 Å². The zero-order chi connectivity index (χ0) is 27.4. The summed E-state index contributed by atoms with van der Waals surface area (Å²) < 4.78 is 17.5. The van der Waals surface area contributed by atoms with E-state index in [0.29, 0.717) is 34.6 Å². The van der Waals surface area contributed by atoms with Crippen molar-refractivity contribution in [3.05, 3.63) is 87.6 Å². The number of aryl methyl sites for hydroxylation is 1. The fraction of sp³-hybridized carbons (Fsp3) is 0.267. The molecule has 0 saturated carbocycles. The lowest BCUT2D eigenvalue weighted by molar-refractivity contribution is -0.113. The number of nitrogens with zero attached hydrogens (tertiary/aromatic N) is 1. The zero-order valence-electron chi connectivity index (χ0n) is 22.1. The molecule has 1 N–H and O–H groups in total. The van der Waals surface area contributed by atoms with Gasteiger partial charge in [-0.15, -0.1) is 0 Å². The minimum atomic E-state index is -0.256. The smallest absolute Gasteiger partial charge is 0.281 e. The van der Waals surface area contributed by atoms with E-state index in [2.05, 4.69) is 19.2 Å². The van der Waals surface area contributed by atoms with Gasteiger partial charge in [-0.3, -0.25) is 4.79 Å². The van der Waals surface area contributed by atoms with Gasteiger partial charge in [0.2, 0.25) is 0 Å². The summed E-state index contributed by atoms with van der Waals surface area (Å²) in [7, 11) is 1.62. The molecule has 0 atom stereocenters. The number of ether oxygens (including phenoxy) is 3. The van der Waals surface area contributed by atoms with Gasteiger partial charge < -0.3 is 19.5 Å². The number of hydrogen-bond donors (Lipinski definition) is 1. The van der Waals surface area contributed by atoms with Crippen molar-refractivity contribution in [2.75, 3.05) is 18.6 Å². The normalized spacial score (nSPS) is 14.3. The quantitative estimate of drug-likeness (QED) is 0.228. The zero-order valence-corrected chi connectivity index (χ0v) is 23.7. The first-order valence-electron chi connectivity index (χ1n) is 12.4. The highest BCUT2D eigenvalue weighted by molar-refractivity contribution is 7.80. The number of carbonyl (C=O) groups excluding carboxylic acids is 1. The fourth-order valence-corrected chi connectivity index (χ4v) is 4.71. The van der Waals surface area contributed by atoms with Crippen LogP contribution in [-0.2, 0) is 11.4 Å². The molecule has 0 bridgehead atoms. The molecule has 3 aromatic rings. The van der Waals surface area contributed by atoms with Crippen LogP contribution in [0.3, 0.4) is 0 Å². The molecule has 1 heterocycles. The van der Waals surface area contributed by atoms with Crippen LogP contribution in [0.1, 0.15) is 48.9 Å². The predicted molar refractivity (Wildman–Crippen MR) is 156 cm³/mol. The highest BCUT2D eigenvalue weighted by Crippen LogP contribution is 2.34. The lowest BCUT2D eigenvalue weighted by Gasteiger charge is -2.18. The summed E-state index contributed by atoms with van der Waals surface area (Å²) >= 11 is 11.9. The van der Waals surface area contributed by atoms with Gasteiger partial charge in [0.1, 0.15) is 29.6 Å². The van der Waals surface area contributed by atoms with Crippen LogP contribution in [0, 0.1) is 6.92 Å². The number of methoxy groups -OCH3 is 1. The van der Waals surface area contributed by atoms with Crippen molar-refractivity contribution in [3.8, 4) is 17.2 Å². The Hall–Kier alpha value is -3.55. The Morgan fingerprint density at radius 3 is 2.53 bits per heavy atom. The van der Waals surface area contributed by atoms with Crippen molar-refractivity contribution in [1.82, 2.24) is 5.32 Å². The number of carbonyl (C=O) groups is 1. The average Bonchev–Trinajstić information content (AvgIpc) is 3.17. The first-order chi connectivity index (χ1) is 18.2. The van der Waals surface area contributed by atoms with Gasteiger partial charge in [0.05, 0.1) is 19.4 Å². The van der Waals surface area contributed by atoms with Crippen LogP contribution in [0.25, 0.3) is 6.08 Å². The maximum atomic E-state index is 13.3. The first-order valence-corrected chi connectivity index (χ1v) is 13.2. The molecule has 3 aromatic carbocycles. The van der Waals surface area contributed by atoms with Crippen molar-refractivity contribution in [2.24, 2.45) is 0 Å². The van der Waals surface area contributed by atoms with Gasteiger partial charge in [-0.25, -0.2) is 4.90 Å². The van der Waals surface area contributed by atoms with E-state index in [0.717, 1.165) is 33.0 Å². The summed E-state index contributed by atoms with van der Waals surface area (Å²) in [6.07, 6.45) is 1.77. The summed E-state index contributed by atoms with van der Waals surface area (Å²) in [6.45, 7) is 8.83. The third-order valence-corrected chi connectivity index (χ3v) is 6.89. The van der Waals surface area contributed by atoms with Crippen LogP contribution < -0.4 is 24.4 Å². The number of benzene rings is 3. The third-order valence-electron chi connectivity index (χ3n) is 6.20. The Balaban J connectivity index is 1.61. The lowest BCUT2D eigenvalue weighted by atomic mass is 10.0. The molecule has 198 valence electrons. The van der Waals surface area contributed by atoms with Crippen LogP contribution in [0.2, 0.25) is 5.02 Å². The molecule has 4 rings (SSSR count). The second-order valence-corrected chi connectivity index (χ2v) is 9.98. The molecule has 38 heavy (non-hydrogen) atoms. The van der Waals surface area contributed by atoms with E-state index in [1.54, 1.807) is 13.2 Å². The maximum Gasteiger partial charge on any atom is 0.281 e. The van der Waals surface area contributed by atoms with E-state index in [9.17, 15) is 4.79 Å². The number of anilines is 1. The maximum absolute atomic E-state index is 13.3. The molecule has 1 amide bonds. The Morgan fingerprint density at radius 1 is 1.05 bits per heavy atom. The Bertz CT molecular complexity index is 1400. The summed E-state index contributed by atoms with van der Waals surface area (Å²) in [5.41, 5.74) is 4.61. The third kappa shape index (κ3) is 5.79. The van der Waals surface area contributed by atoms with Gasteiger partial charge in [-0.05, 0) is 91.1 Å². The molecule has 1 saturated heterocycles. The minimum absolute atomic E-state index is 0.250. The molecule has 0 aromatic heterocycles. The predicted octanol–water partition coefficient (Wildman–Crippen LogP) is 7.02. The fourth-order valence-electron chi connectivity index (χ4n) is 4.24. The summed E-state index contributed by atoms with van der Waals surface area (Å²) in [5.74, 6) is 2.07. The number of nitrogens with one attached hydrogen (secondary N) is 1. The monoisotopic (exact) mass is 550 g/mol. The minimum Gasteiger partial charge on any atom is -0.496 e. The Kier molecular flexibility index (Phi) is 8.59. The molecular formula is C30H31ClN2O4S. The molecule has 0 unspecified atom stereocenters. The molecule has 0 aliphatic carbocycles.